The minimum absolute atomic E-state index is 0.0272. The topological polar surface area (TPSA) is 63.7 Å². The summed E-state index contributed by atoms with van der Waals surface area (Å²) in [5, 5.41) is 3.26. The first-order valence-corrected chi connectivity index (χ1v) is 9.60. The third-order valence-electron chi connectivity index (χ3n) is 4.88. The molecule has 0 unspecified atom stereocenters. The molecule has 1 aliphatic rings. The van der Waals surface area contributed by atoms with Gasteiger partial charge in [0.15, 0.2) is 0 Å². The van der Waals surface area contributed by atoms with Gasteiger partial charge in [0, 0.05) is 31.2 Å². The third-order valence-corrected chi connectivity index (χ3v) is 4.88. The first-order valence-electron chi connectivity index (χ1n) is 9.60. The molecule has 0 saturated carbocycles. The lowest BCUT2D eigenvalue weighted by Gasteiger charge is -2.17. The van der Waals surface area contributed by atoms with Gasteiger partial charge in [-0.2, -0.15) is 0 Å². The fraction of sp³-hybridized carbons (Fsp3) is 0.217. The molecular formula is C23H23N3O3. The molecular weight excluding hydrogens is 366 g/mol. The second-order valence-corrected chi connectivity index (χ2v) is 6.75. The summed E-state index contributed by atoms with van der Waals surface area (Å²) in [6.07, 6.45) is 4.21. The minimum Gasteiger partial charge on any atom is -0.497 e. The number of para-hydroxylation sites is 1. The normalized spacial score (nSPS) is 12.4. The van der Waals surface area contributed by atoms with Gasteiger partial charge in [-0.05, 0) is 48.4 Å². The third kappa shape index (κ3) is 4.32. The number of methoxy groups -OCH3 is 1. The molecule has 0 aliphatic carbocycles. The molecule has 1 N–H and O–H groups in total. The molecule has 0 radical (unpaired) electrons. The van der Waals surface area contributed by atoms with E-state index in [1.54, 1.807) is 19.5 Å². The summed E-state index contributed by atoms with van der Waals surface area (Å²) in [6, 6.07) is 17.3. The number of hydrogen-bond donors (Lipinski definition) is 1. The van der Waals surface area contributed by atoms with Crippen molar-refractivity contribution in [1.82, 2.24) is 4.98 Å². The second-order valence-electron chi connectivity index (χ2n) is 6.75. The van der Waals surface area contributed by atoms with Gasteiger partial charge in [-0.3, -0.25) is 9.78 Å². The number of aromatic nitrogens is 1. The number of pyridine rings is 1. The standard InChI is InChI=1S/C23H23N3O3/c1-28-20-6-8-21(9-7-20)29-13-11-25-19-14-18(15-24-16-19)23(27)26-12-10-17-4-2-3-5-22(17)26/h2-9,14-16,25H,10-13H2,1H3. The van der Waals surface area contributed by atoms with E-state index in [0.717, 1.165) is 29.3 Å². The fourth-order valence-electron chi connectivity index (χ4n) is 3.39. The van der Waals surface area contributed by atoms with Crippen molar-refractivity contribution in [3.05, 3.63) is 78.1 Å². The monoisotopic (exact) mass is 389 g/mol. The molecule has 3 aromatic rings. The number of rotatable bonds is 7. The van der Waals surface area contributed by atoms with Crippen LogP contribution in [0.2, 0.25) is 0 Å². The van der Waals surface area contributed by atoms with Gasteiger partial charge in [-0.15, -0.1) is 0 Å². The molecule has 29 heavy (non-hydrogen) atoms. The Morgan fingerprint density at radius 3 is 2.72 bits per heavy atom. The van der Waals surface area contributed by atoms with Gasteiger partial charge in [0.05, 0.1) is 18.4 Å². The largest absolute Gasteiger partial charge is 0.497 e. The number of benzene rings is 2. The predicted molar refractivity (Wildman–Crippen MR) is 113 cm³/mol. The number of carbonyl (C=O) groups excluding carboxylic acids is 1. The molecule has 1 amide bonds. The average molecular weight is 389 g/mol. The summed E-state index contributed by atoms with van der Waals surface area (Å²) in [5.74, 6) is 1.55. The summed E-state index contributed by atoms with van der Waals surface area (Å²) in [7, 11) is 1.63. The number of fused-ring (bicyclic) bond motifs is 1. The van der Waals surface area contributed by atoms with Crippen molar-refractivity contribution < 1.29 is 14.3 Å². The highest BCUT2D eigenvalue weighted by Gasteiger charge is 2.25. The van der Waals surface area contributed by atoms with Crippen LogP contribution in [0.1, 0.15) is 15.9 Å². The highest BCUT2D eigenvalue weighted by Crippen LogP contribution is 2.29. The van der Waals surface area contributed by atoms with Gasteiger partial charge in [0.2, 0.25) is 0 Å². The Kier molecular flexibility index (Phi) is 5.61. The smallest absolute Gasteiger partial charge is 0.259 e. The highest BCUT2D eigenvalue weighted by atomic mass is 16.5. The Hall–Kier alpha value is -3.54. The molecule has 1 aromatic heterocycles. The van der Waals surface area contributed by atoms with E-state index in [1.165, 1.54) is 5.56 Å². The van der Waals surface area contributed by atoms with Crippen LogP contribution in [0.15, 0.2) is 67.0 Å². The molecule has 2 aromatic carbocycles. The Bertz CT molecular complexity index is 989. The van der Waals surface area contributed by atoms with Crippen molar-refractivity contribution in [3.63, 3.8) is 0 Å². The lowest BCUT2D eigenvalue weighted by Crippen LogP contribution is -2.29. The van der Waals surface area contributed by atoms with Crippen molar-refractivity contribution in [2.45, 2.75) is 6.42 Å². The van der Waals surface area contributed by atoms with Crippen LogP contribution in [0.4, 0.5) is 11.4 Å². The first kappa shape index (κ1) is 18.8. The number of ether oxygens (including phenoxy) is 2. The van der Waals surface area contributed by atoms with Crippen LogP contribution in [0, 0.1) is 0 Å². The van der Waals surface area contributed by atoms with Gasteiger partial charge in [-0.25, -0.2) is 0 Å². The molecule has 0 bridgehead atoms. The Morgan fingerprint density at radius 1 is 1.10 bits per heavy atom. The molecule has 0 fully saturated rings. The quantitative estimate of drug-likeness (QED) is 0.623. The van der Waals surface area contributed by atoms with E-state index in [1.807, 2.05) is 53.4 Å². The molecule has 0 saturated heterocycles. The maximum atomic E-state index is 13.0. The number of anilines is 2. The Balaban J connectivity index is 1.33. The van der Waals surface area contributed by atoms with Gasteiger partial charge in [-0.1, -0.05) is 18.2 Å². The highest BCUT2D eigenvalue weighted by molar-refractivity contribution is 6.07. The lowest BCUT2D eigenvalue weighted by atomic mass is 10.2. The van der Waals surface area contributed by atoms with Gasteiger partial charge in [0.1, 0.15) is 18.1 Å². The van der Waals surface area contributed by atoms with Crippen molar-refractivity contribution in [2.75, 3.05) is 37.0 Å². The van der Waals surface area contributed by atoms with E-state index in [9.17, 15) is 4.79 Å². The summed E-state index contributed by atoms with van der Waals surface area (Å²) in [6.45, 7) is 1.79. The maximum Gasteiger partial charge on any atom is 0.259 e. The van der Waals surface area contributed by atoms with Crippen molar-refractivity contribution >= 4 is 17.3 Å². The number of hydrogen-bond acceptors (Lipinski definition) is 5. The molecule has 0 atom stereocenters. The first-order chi connectivity index (χ1) is 14.2. The molecule has 6 nitrogen and oxygen atoms in total. The fourth-order valence-corrected chi connectivity index (χ4v) is 3.39. The SMILES string of the molecule is COc1ccc(OCCNc2cncc(C(=O)N3CCc4ccccc43)c2)cc1. The lowest BCUT2D eigenvalue weighted by molar-refractivity contribution is 0.0989. The van der Waals surface area contributed by atoms with Crippen molar-refractivity contribution in [3.8, 4) is 11.5 Å². The number of carbonyl (C=O) groups is 1. The van der Waals surface area contributed by atoms with E-state index in [-0.39, 0.29) is 5.91 Å². The van der Waals surface area contributed by atoms with Crippen LogP contribution >= 0.6 is 0 Å². The van der Waals surface area contributed by atoms with Gasteiger partial charge in [0.25, 0.3) is 5.91 Å². The van der Waals surface area contributed by atoms with E-state index in [0.29, 0.717) is 25.3 Å². The molecule has 1 aliphatic heterocycles. The van der Waals surface area contributed by atoms with Crippen LogP contribution in [-0.4, -0.2) is 37.7 Å². The van der Waals surface area contributed by atoms with Gasteiger partial charge >= 0.3 is 0 Å². The van der Waals surface area contributed by atoms with E-state index >= 15 is 0 Å². The molecule has 148 valence electrons. The molecule has 2 heterocycles. The van der Waals surface area contributed by atoms with Crippen LogP contribution in [0.5, 0.6) is 11.5 Å². The maximum absolute atomic E-state index is 13.0. The summed E-state index contributed by atoms with van der Waals surface area (Å²) in [5.41, 5.74) is 3.56. The van der Waals surface area contributed by atoms with Crippen LogP contribution < -0.4 is 19.7 Å². The molecule has 6 heteroatoms. The number of nitrogens with zero attached hydrogens (tertiary/aromatic N) is 2. The van der Waals surface area contributed by atoms with Crippen LogP contribution in [0.25, 0.3) is 0 Å². The Morgan fingerprint density at radius 2 is 1.90 bits per heavy atom. The molecule has 0 spiro atoms. The van der Waals surface area contributed by atoms with Crippen molar-refractivity contribution in [1.29, 1.82) is 0 Å². The average Bonchev–Trinajstić information content (AvgIpc) is 3.21. The number of nitrogens with one attached hydrogen (secondary N) is 1. The number of amides is 1. The zero-order valence-electron chi connectivity index (χ0n) is 16.3. The summed E-state index contributed by atoms with van der Waals surface area (Å²) < 4.78 is 10.8. The second kappa shape index (κ2) is 8.65. The summed E-state index contributed by atoms with van der Waals surface area (Å²) >= 11 is 0. The van der Waals surface area contributed by atoms with E-state index in [4.69, 9.17) is 9.47 Å². The van der Waals surface area contributed by atoms with Gasteiger partial charge < -0.3 is 19.7 Å². The zero-order valence-corrected chi connectivity index (χ0v) is 16.3. The predicted octanol–water partition coefficient (Wildman–Crippen LogP) is 3.78. The van der Waals surface area contributed by atoms with Crippen LogP contribution in [-0.2, 0) is 6.42 Å². The van der Waals surface area contributed by atoms with E-state index < -0.39 is 0 Å². The van der Waals surface area contributed by atoms with Crippen LogP contribution in [0.3, 0.4) is 0 Å². The van der Waals surface area contributed by atoms with E-state index in [2.05, 4.69) is 16.4 Å². The molecule has 4 rings (SSSR count). The zero-order chi connectivity index (χ0) is 20.1. The minimum atomic E-state index is -0.0272. The van der Waals surface area contributed by atoms with Crippen molar-refractivity contribution in [2.24, 2.45) is 0 Å². The Labute approximate surface area is 170 Å². The summed E-state index contributed by atoms with van der Waals surface area (Å²) in [4.78, 5) is 19.0.